The molecule has 1 saturated heterocycles. The van der Waals surface area contributed by atoms with Crippen molar-refractivity contribution in [2.24, 2.45) is 11.8 Å². The number of hydrogen-bond donors (Lipinski definition) is 0. The Kier molecular flexibility index (Phi) is 5.62. The smallest absolute Gasteiger partial charge is 0.118 e. The van der Waals surface area contributed by atoms with E-state index in [0.717, 1.165) is 29.9 Å². The Morgan fingerprint density at radius 3 is 2.08 bits per heavy atom. The summed E-state index contributed by atoms with van der Waals surface area (Å²) in [4.78, 5) is 2.59. The quantitative estimate of drug-likeness (QED) is 0.702. The van der Waals surface area contributed by atoms with Crippen molar-refractivity contribution in [1.82, 2.24) is 4.90 Å². The number of benzene rings is 2. The third-order valence-electron chi connectivity index (χ3n) is 5.14. The molecule has 0 aliphatic carbocycles. The second-order valence-corrected chi connectivity index (χ2v) is 7.99. The van der Waals surface area contributed by atoms with Crippen LogP contribution in [0.15, 0.2) is 53.0 Å². The molecule has 1 fully saturated rings. The van der Waals surface area contributed by atoms with E-state index in [-0.39, 0.29) is 0 Å². The minimum Gasteiger partial charge on any atom is -0.497 e. The summed E-state index contributed by atoms with van der Waals surface area (Å²) in [5.41, 5.74) is 2.83. The van der Waals surface area contributed by atoms with Gasteiger partial charge in [0.25, 0.3) is 0 Å². The van der Waals surface area contributed by atoms with Crippen LogP contribution in [0.1, 0.15) is 30.9 Å². The largest absolute Gasteiger partial charge is 0.497 e. The Morgan fingerprint density at radius 2 is 1.54 bits per heavy atom. The summed E-state index contributed by atoms with van der Waals surface area (Å²) in [6.45, 7) is 8.10. The molecule has 2 aromatic carbocycles. The molecule has 2 atom stereocenters. The molecular formula is C21H26BrNO. The molecule has 0 saturated carbocycles. The summed E-state index contributed by atoms with van der Waals surface area (Å²) in [6.07, 6.45) is 0. The van der Waals surface area contributed by atoms with Gasteiger partial charge >= 0.3 is 0 Å². The van der Waals surface area contributed by atoms with Gasteiger partial charge in [-0.15, -0.1) is 0 Å². The lowest BCUT2D eigenvalue weighted by atomic mass is 9.75. The molecule has 0 N–H and O–H groups in total. The zero-order valence-electron chi connectivity index (χ0n) is 14.7. The topological polar surface area (TPSA) is 12.5 Å². The van der Waals surface area contributed by atoms with Crippen LogP contribution >= 0.6 is 15.9 Å². The summed E-state index contributed by atoms with van der Waals surface area (Å²) in [7, 11) is 1.71. The van der Waals surface area contributed by atoms with Crippen LogP contribution in [0.2, 0.25) is 0 Å². The normalized spacial score (nSPS) is 24.8. The van der Waals surface area contributed by atoms with E-state index in [9.17, 15) is 0 Å². The number of piperidine rings is 1. The Hall–Kier alpha value is -1.32. The number of hydrogen-bond acceptors (Lipinski definition) is 2. The lowest BCUT2D eigenvalue weighted by Gasteiger charge is -2.42. The van der Waals surface area contributed by atoms with Gasteiger partial charge in [0.1, 0.15) is 5.75 Å². The highest BCUT2D eigenvalue weighted by molar-refractivity contribution is 9.10. The first kappa shape index (κ1) is 17.5. The SMILES string of the molecule is COc1ccc(CN2CC(C)C(c3ccc(Br)cc3)C(C)C2)cc1. The predicted octanol–water partition coefficient (Wildman–Crippen LogP) is 5.33. The molecule has 2 nitrogen and oxygen atoms in total. The van der Waals surface area contributed by atoms with Crippen molar-refractivity contribution in [2.75, 3.05) is 20.2 Å². The van der Waals surface area contributed by atoms with Crippen LogP contribution in [-0.4, -0.2) is 25.1 Å². The van der Waals surface area contributed by atoms with E-state index in [2.05, 4.69) is 83.2 Å². The van der Waals surface area contributed by atoms with Crippen molar-refractivity contribution < 1.29 is 4.74 Å². The minimum atomic E-state index is 0.644. The maximum Gasteiger partial charge on any atom is 0.118 e. The number of nitrogens with zero attached hydrogens (tertiary/aromatic N) is 1. The zero-order valence-corrected chi connectivity index (χ0v) is 16.3. The number of rotatable bonds is 4. The van der Waals surface area contributed by atoms with Gasteiger partial charge in [-0.2, -0.15) is 0 Å². The van der Waals surface area contributed by atoms with Crippen molar-refractivity contribution in [1.29, 1.82) is 0 Å². The van der Waals surface area contributed by atoms with Crippen LogP contribution in [0.3, 0.4) is 0 Å². The van der Waals surface area contributed by atoms with E-state index in [0.29, 0.717) is 17.8 Å². The minimum absolute atomic E-state index is 0.644. The lowest BCUT2D eigenvalue weighted by Crippen LogP contribution is -2.42. The van der Waals surface area contributed by atoms with Crippen LogP contribution < -0.4 is 4.74 Å². The number of methoxy groups -OCH3 is 1. The second kappa shape index (κ2) is 7.71. The Morgan fingerprint density at radius 1 is 0.958 bits per heavy atom. The Labute approximate surface area is 154 Å². The molecule has 0 spiro atoms. The average molecular weight is 388 g/mol. The summed E-state index contributed by atoms with van der Waals surface area (Å²) < 4.78 is 6.40. The second-order valence-electron chi connectivity index (χ2n) is 7.07. The molecule has 24 heavy (non-hydrogen) atoms. The molecule has 3 rings (SSSR count). The van der Waals surface area contributed by atoms with Gasteiger partial charge in [0.15, 0.2) is 0 Å². The van der Waals surface area contributed by atoms with Gasteiger partial charge < -0.3 is 4.74 Å². The average Bonchev–Trinajstić information content (AvgIpc) is 2.57. The van der Waals surface area contributed by atoms with E-state index in [1.165, 1.54) is 11.1 Å². The van der Waals surface area contributed by atoms with Gasteiger partial charge in [0, 0.05) is 24.1 Å². The molecule has 0 radical (unpaired) electrons. The maximum absolute atomic E-state index is 5.25. The molecule has 2 unspecified atom stereocenters. The van der Waals surface area contributed by atoms with Crippen molar-refractivity contribution in [2.45, 2.75) is 26.3 Å². The molecule has 1 aliphatic heterocycles. The van der Waals surface area contributed by atoms with Crippen LogP contribution in [0.25, 0.3) is 0 Å². The van der Waals surface area contributed by atoms with E-state index in [1.54, 1.807) is 7.11 Å². The monoisotopic (exact) mass is 387 g/mol. The summed E-state index contributed by atoms with van der Waals surface area (Å²) >= 11 is 3.54. The molecule has 0 bridgehead atoms. The highest BCUT2D eigenvalue weighted by Gasteiger charge is 2.32. The van der Waals surface area contributed by atoms with Crippen molar-refractivity contribution in [3.8, 4) is 5.75 Å². The molecule has 0 aromatic heterocycles. The Balaban J connectivity index is 1.67. The van der Waals surface area contributed by atoms with Crippen molar-refractivity contribution >= 4 is 15.9 Å². The number of likely N-dealkylation sites (tertiary alicyclic amines) is 1. The van der Waals surface area contributed by atoms with Crippen molar-refractivity contribution in [3.63, 3.8) is 0 Å². The molecule has 0 amide bonds. The van der Waals surface area contributed by atoms with E-state index < -0.39 is 0 Å². The van der Waals surface area contributed by atoms with Gasteiger partial charge in [-0.25, -0.2) is 0 Å². The first-order valence-corrected chi connectivity index (χ1v) is 9.47. The van der Waals surface area contributed by atoms with Gasteiger partial charge in [-0.3, -0.25) is 4.90 Å². The molecule has 1 aliphatic rings. The summed E-state index contributed by atoms with van der Waals surface area (Å²) in [5, 5.41) is 0. The van der Waals surface area contributed by atoms with Gasteiger partial charge in [-0.1, -0.05) is 54.0 Å². The molecule has 1 heterocycles. The highest BCUT2D eigenvalue weighted by atomic mass is 79.9. The molecular weight excluding hydrogens is 362 g/mol. The van der Waals surface area contributed by atoms with E-state index in [4.69, 9.17) is 4.74 Å². The van der Waals surface area contributed by atoms with Gasteiger partial charge in [-0.05, 0) is 53.1 Å². The van der Waals surface area contributed by atoms with Crippen LogP contribution in [-0.2, 0) is 6.54 Å². The molecule has 2 aromatic rings. The summed E-state index contributed by atoms with van der Waals surface area (Å²) in [5.74, 6) is 2.89. The first-order chi connectivity index (χ1) is 11.6. The fraction of sp³-hybridized carbons (Fsp3) is 0.429. The van der Waals surface area contributed by atoms with Gasteiger partial charge in [0.2, 0.25) is 0 Å². The third-order valence-corrected chi connectivity index (χ3v) is 5.67. The maximum atomic E-state index is 5.25. The van der Waals surface area contributed by atoms with Crippen LogP contribution in [0, 0.1) is 11.8 Å². The zero-order chi connectivity index (χ0) is 17.1. The number of ether oxygens (including phenoxy) is 1. The van der Waals surface area contributed by atoms with Crippen LogP contribution in [0.5, 0.6) is 5.75 Å². The fourth-order valence-electron chi connectivity index (χ4n) is 4.14. The lowest BCUT2D eigenvalue weighted by molar-refractivity contribution is 0.110. The predicted molar refractivity (Wildman–Crippen MR) is 103 cm³/mol. The van der Waals surface area contributed by atoms with Crippen molar-refractivity contribution in [3.05, 3.63) is 64.1 Å². The van der Waals surface area contributed by atoms with Crippen LogP contribution in [0.4, 0.5) is 0 Å². The van der Waals surface area contributed by atoms with Gasteiger partial charge in [0.05, 0.1) is 7.11 Å². The molecule has 128 valence electrons. The standard InChI is InChI=1S/C21H26BrNO/c1-15-12-23(14-17-4-10-20(24-3)11-5-17)13-16(2)21(15)18-6-8-19(22)9-7-18/h4-11,15-16,21H,12-14H2,1-3H3. The third kappa shape index (κ3) is 4.01. The highest BCUT2D eigenvalue weighted by Crippen LogP contribution is 2.37. The summed E-state index contributed by atoms with van der Waals surface area (Å²) in [6, 6.07) is 17.3. The van der Waals surface area contributed by atoms with E-state index >= 15 is 0 Å². The number of halogens is 1. The molecule has 3 heteroatoms. The fourth-order valence-corrected chi connectivity index (χ4v) is 4.40. The van der Waals surface area contributed by atoms with E-state index in [1.807, 2.05) is 0 Å². The first-order valence-electron chi connectivity index (χ1n) is 8.67. The Bertz CT molecular complexity index is 641.